The normalized spacial score (nSPS) is 12.4. The summed E-state index contributed by atoms with van der Waals surface area (Å²) in [5, 5.41) is 12.6. The largest absolute Gasteiger partial charge is 0.457 e. The minimum absolute atomic E-state index is 0.269. The summed E-state index contributed by atoms with van der Waals surface area (Å²) in [7, 11) is 1.32. The highest BCUT2D eigenvalue weighted by Crippen LogP contribution is 2.31. The van der Waals surface area contributed by atoms with E-state index in [1.165, 1.54) is 30.4 Å². The Morgan fingerprint density at radius 3 is 2.15 bits per heavy atom. The molecule has 3 aromatic carbocycles. The molecule has 0 saturated heterocycles. The number of halogens is 3. The van der Waals surface area contributed by atoms with E-state index in [2.05, 4.69) is 15.4 Å². The Hall–Kier alpha value is -4.67. The summed E-state index contributed by atoms with van der Waals surface area (Å²) in [6, 6.07) is 18.4. The van der Waals surface area contributed by atoms with Crippen LogP contribution in [0.1, 0.15) is 37.5 Å². The maximum Gasteiger partial charge on any atom is 0.416 e. The lowest BCUT2D eigenvalue weighted by atomic mass is 10.1. The van der Waals surface area contributed by atoms with Gasteiger partial charge in [-0.25, -0.2) is 4.79 Å². The summed E-state index contributed by atoms with van der Waals surface area (Å²) in [5.74, 6) is 0.694. The third kappa shape index (κ3) is 7.92. The van der Waals surface area contributed by atoms with Gasteiger partial charge in [0.15, 0.2) is 0 Å². The Kier molecular flexibility index (Phi) is 10.4. The first kappa shape index (κ1) is 29.9. The number of hydrogen-bond acceptors (Lipinski definition) is 7. The highest BCUT2D eigenvalue weighted by Gasteiger charge is 2.30. The van der Waals surface area contributed by atoms with Crippen molar-refractivity contribution in [2.24, 2.45) is 15.4 Å². The summed E-state index contributed by atoms with van der Waals surface area (Å²) in [5.41, 5.74) is 2.09. The molecule has 210 valence electrons. The molecule has 0 unspecified atom stereocenters. The zero-order valence-corrected chi connectivity index (χ0v) is 22.5. The zero-order valence-electron chi connectivity index (χ0n) is 22.5. The van der Waals surface area contributed by atoms with Crippen LogP contribution in [-0.2, 0) is 15.8 Å². The van der Waals surface area contributed by atoms with Crippen LogP contribution < -0.4 is 9.64 Å². The number of oxime groups is 1. The number of anilines is 1. The minimum atomic E-state index is -4.41. The number of carbonyl (C=O) groups excluding carboxylic acids is 1. The van der Waals surface area contributed by atoms with Gasteiger partial charge in [-0.3, -0.25) is 4.90 Å². The molecule has 0 aromatic heterocycles. The maximum absolute atomic E-state index is 12.8. The van der Waals surface area contributed by atoms with Crippen LogP contribution in [0.4, 0.5) is 23.7 Å². The molecule has 0 spiro atoms. The lowest BCUT2D eigenvalue weighted by Crippen LogP contribution is -2.31. The number of para-hydroxylation sites is 1. The van der Waals surface area contributed by atoms with Gasteiger partial charge in [-0.15, -0.1) is 0 Å². The number of alkyl halides is 3. The van der Waals surface area contributed by atoms with Gasteiger partial charge in [-0.1, -0.05) is 23.4 Å². The molecular formula is C29H29F3N4O4. The van der Waals surface area contributed by atoms with E-state index in [1.807, 2.05) is 19.1 Å². The zero-order chi connectivity index (χ0) is 29.1. The summed E-state index contributed by atoms with van der Waals surface area (Å²) in [4.78, 5) is 18.9. The van der Waals surface area contributed by atoms with Crippen LogP contribution in [0.15, 0.2) is 88.2 Å². The quantitative estimate of drug-likeness (QED) is 0.194. The van der Waals surface area contributed by atoms with Crippen molar-refractivity contribution >= 4 is 29.4 Å². The van der Waals surface area contributed by atoms with Crippen molar-refractivity contribution < 1.29 is 32.3 Å². The predicted octanol–water partition coefficient (Wildman–Crippen LogP) is 7.33. The fourth-order valence-corrected chi connectivity index (χ4v) is 3.56. The first-order valence-electron chi connectivity index (χ1n) is 12.4. The second kappa shape index (κ2) is 13.9. The second-order valence-electron chi connectivity index (χ2n) is 8.21. The molecule has 11 heteroatoms. The van der Waals surface area contributed by atoms with Crippen molar-refractivity contribution in [1.29, 1.82) is 0 Å². The molecular weight excluding hydrogens is 525 g/mol. The van der Waals surface area contributed by atoms with Crippen molar-refractivity contribution in [3.63, 3.8) is 0 Å². The molecule has 40 heavy (non-hydrogen) atoms. The second-order valence-corrected chi connectivity index (χ2v) is 8.21. The lowest BCUT2D eigenvalue weighted by Gasteiger charge is -2.20. The van der Waals surface area contributed by atoms with Gasteiger partial charge in [0.25, 0.3) is 0 Å². The summed E-state index contributed by atoms with van der Waals surface area (Å²) in [6.07, 6.45) is -3.37. The smallest absolute Gasteiger partial charge is 0.416 e. The standard InChI is InChI=1S/C29H29F3N4O4/c1-5-36(28(37)38-4)26-10-8-7-9-22(26)19-33-34-20(3)27(35-39-6-2)21-11-15-24(16-12-21)40-25-17-13-23(14-18-25)29(30,31)32/h7-19H,5-6H2,1-4H3/b33-19+,34-20+,35-27+. The topological polar surface area (TPSA) is 85.1 Å². The van der Waals surface area contributed by atoms with Crippen molar-refractivity contribution in [1.82, 2.24) is 0 Å². The number of amides is 1. The summed E-state index contributed by atoms with van der Waals surface area (Å²) in [6.45, 7) is 6.10. The molecule has 3 aromatic rings. The molecule has 0 aliphatic rings. The van der Waals surface area contributed by atoms with Crippen molar-refractivity contribution in [3.8, 4) is 11.5 Å². The van der Waals surface area contributed by atoms with Gasteiger partial charge in [-0.2, -0.15) is 23.4 Å². The van der Waals surface area contributed by atoms with Crippen molar-refractivity contribution in [2.45, 2.75) is 26.9 Å². The molecule has 8 nitrogen and oxygen atoms in total. The predicted molar refractivity (Wildman–Crippen MR) is 149 cm³/mol. The Morgan fingerprint density at radius 2 is 1.57 bits per heavy atom. The van der Waals surface area contributed by atoms with Gasteiger partial charge < -0.3 is 14.3 Å². The molecule has 0 radical (unpaired) electrons. The van der Waals surface area contributed by atoms with Crippen LogP contribution in [0.3, 0.4) is 0 Å². The average Bonchev–Trinajstić information content (AvgIpc) is 2.95. The third-order valence-electron chi connectivity index (χ3n) is 5.52. The lowest BCUT2D eigenvalue weighted by molar-refractivity contribution is -0.137. The molecule has 0 fully saturated rings. The summed E-state index contributed by atoms with van der Waals surface area (Å²) >= 11 is 0. The van der Waals surface area contributed by atoms with Gasteiger partial charge in [0.05, 0.1) is 30.3 Å². The Labute approximate surface area is 230 Å². The van der Waals surface area contributed by atoms with E-state index in [-0.39, 0.29) is 5.75 Å². The van der Waals surface area contributed by atoms with Crippen LogP contribution in [0.2, 0.25) is 0 Å². The molecule has 0 N–H and O–H groups in total. The number of ether oxygens (including phenoxy) is 2. The van der Waals surface area contributed by atoms with Gasteiger partial charge in [0.2, 0.25) is 0 Å². The number of rotatable bonds is 10. The van der Waals surface area contributed by atoms with Crippen molar-refractivity contribution in [3.05, 3.63) is 89.5 Å². The molecule has 0 aliphatic carbocycles. The molecule has 1 amide bonds. The Balaban J connectivity index is 1.80. The van der Waals surface area contributed by atoms with E-state index in [0.29, 0.717) is 47.1 Å². The van der Waals surface area contributed by atoms with Gasteiger partial charge in [0.1, 0.15) is 23.8 Å². The van der Waals surface area contributed by atoms with Gasteiger partial charge >= 0.3 is 12.3 Å². The van der Waals surface area contributed by atoms with Crippen LogP contribution in [0.5, 0.6) is 11.5 Å². The Morgan fingerprint density at radius 1 is 0.950 bits per heavy atom. The number of carbonyl (C=O) groups is 1. The summed E-state index contributed by atoms with van der Waals surface area (Å²) < 4.78 is 48.9. The van der Waals surface area contributed by atoms with E-state index in [1.54, 1.807) is 50.2 Å². The highest BCUT2D eigenvalue weighted by molar-refractivity contribution is 6.47. The first-order chi connectivity index (χ1) is 19.2. The number of benzene rings is 3. The molecule has 3 rings (SSSR count). The Bertz CT molecular complexity index is 1370. The molecule has 0 bridgehead atoms. The maximum atomic E-state index is 12.8. The molecule has 0 aliphatic heterocycles. The first-order valence-corrected chi connectivity index (χ1v) is 12.4. The van der Waals surface area contributed by atoms with E-state index in [4.69, 9.17) is 14.3 Å². The van der Waals surface area contributed by atoms with Crippen LogP contribution in [-0.4, -0.2) is 44.0 Å². The minimum Gasteiger partial charge on any atom is -0.457 e. The monoisotopic (exact) mass is 554 g/mol. The average molecular weight is 555 g/mol. The van der Waals surface area contributed by atoms with Crippen LogP contribution >= 0.6 is 0 Å². The van der Waals surface area contributed by atoms with Gasteiger partial charge in [-0.05, 0) is 75.4 Å². The van der Waals surface area contributed by atoms with Gasteiger partial charge in [0, 0.05) is 17.7 Å². The van der Waals surface area contributed by atoms with E-state index in [9.17, 15) is 18.0 Å². The van der Waals surface area contributed by atoms with E-state index >= 15 is 0 Å². The molecule has 0 heterocycles. The molecule has 0 atom stereocenters. The SMILES string of the molecule is CCO\N=C(/C(C)=N/N=C/c1ccccc1N(CC)C(=O)OC)c1ccc(Oc2ccc(C(F)(F)F)cc2)cc1. The number of nitrogens with zero attached hydrogens (tertiary/aromatic N) is 4. The fraction of sp³-hybridized carbons (Fsp3) is 0.241. The molecule has 0 saturated carbocycles. The van der Waals surface area contributed by atoms with Crippen LogP contribution in [0.25, 0.3) is 0 Å². The van der Waals surface area contributed by atoms with Crippen LogP contribution in [0, 0.1) is 0 Å². The number of hydrogen-bond donors (Lipinski definition) is 0. The van der Waals surface area contributed by atoms with Crippen molar-refractivity contribution in [2.75, 3.05) is 25.2 Å². The third-order valence-corrected chi connectivity index (χ3v) is 5.52. The van der Waals surface area contributed by atoms with E-state index in [0.717, 1.165) is 12.1 Å². The highest BCUT2D eigenvalue weighted by atomic mass is 19.4. The fourth-order valence-electron chi connectivity index (χ4n) is 3.56. The number of methoxy groups -OCH3 is 1. The van der Waals surface area contributed by atoms with E-state index < -0.39 is 17.8 Å².